The fraction of sp³-hybridized carbons (Fsp3) is 0.632. The van der Waals surface area contributed by atoms with Crippen molar-refractivity contribution in [1.82, 2.24) is 4.90 Å². The minimum absolute atomic E-state index is 0. The Balaban J connectivity index is 0.00000192. The Bertz CT molecular complexity index is 511. The van der Waals surface area contributed by atoms with Crippen LogP contribution in [0, 0.1) is 5.92 Å². The summed E-state index contributed by atoms with van der Waals surface area (Å²) in [7, 11) is 0. The predicted molar refractivity (Wildman–Crippen MR) is 96.8 cm³/mol. The number of hydrogen-bond donors (Lipinski definition) is 1. The molecular weight excluding hydrogens is 308 g/mol. The number of nitrogens with zero attached hydrogens (tertiary/aromatic N) is 1. The number of hydrogen-bond acceptors (Lipinski definition) is 2. The van der Waals surface area contributed by atoms with Gasteiger partial charge in [-0.1, -0.05) is 43.2 Å². The average molecular weight is 337 g/mol. The SMILES string of the molecule is CC(N)C1CCCN(C(=O)C2(c3ccccc3)CCCC2)C1.Cl. The highest BCUT2D eigenvalue weighted by atomic mass is 35.5. The first-order valence-corrected chi connectivity index (χ1v) is 8.74. The molecule has 1 aliphatic heterocycles. The molecule has 1 saturated heterocycles. The summed E-state index contributed by atoms with van der Waals surface area (Å²) in [4.78, 5) is 15.5. The van der Waals surface area contributed by atoms with E-state index in [4.69, 9.17) is 5.73 Å². The van der Waals surface area contributed by atoms with Crippen LogP contribution < -0.4 is 5.73 Å². The summed E-state index contributed by atoms with van der Waals surface area (Å²) in [6, 6.07) is 10.6. The Morgan fingerprint density at radius 1 is 1.22 bits per heavy atom. The third-order valence-electron chi connectivity index (χ3n) is 5.68. The van der Waals surface area contributed by atoms with Crippen LogP contribution in [0.25, 0.3) is 0 Å². The molecule has 2 fully saturated rings. The molecule has 1 aromatic carbocycles. The Morgan fingerprint density at radius 3 is 2.48 bits per heavy atom. The van der Waals surface area contributed by atoms with Crippen LogP contribution >= 0.6 is 12.4 Å². The number of halogens is 1. The van der Waals surface area contributed by atoms with E-state index in [2.05, 4.69) is 36.1 Å². The highest BCUT2D eigenvalue weighted by molar-refractivity contribution is 5.88. The standard InChI is InChI=1S/C19H28N2O.ClH/c1-15(20)16-8-7-13-21(14-16)18(22)19(11-5-6-12-19)17-9-3-2-4-10-17;/h2-4,9-10,15-16H,5-8,11-14,20H2,1H3;1H. The van der Waals surface area contributed by atoms with Crippen LogP contribution in [0.5, 0.6) is 0 Å². The van der Waals surface area contributed by atoms with Gasteiger partial charge in [0.1, 0.15) is 0 Å². The molecule has 2 N–H and O–H groups in total. The Kier molecular flexibility index (Phi) is 6.10. The van der Waals surface area contributed by atoms with Gasteiger partial charge in [-0.05, 0) is 44.1 Å². The van der Waals surface area contributed by atoms with Gasteiger partial charge in [-0.25, -0.2) is 0 Å². The third-order valence-corrected chi connectivity index (χ3v) is 5.68. The van der Waals surface area contributed by atoms with E-state index in [1.54, 1.807) is 0 Å². The second-order valence-corrected chi connectivity index (χ2v) is 7.17. The lowest BCUT2D eigenvalue weighted by molar-refractivity contribution is -0.139. The summed E-state index contributed by atoms with van der Waals surface area (Å²) >= 11 is 0. The lowest BCUT2D eigenvalue weighted by atomic mass is 9.76. The first kappa shape index (κ1) is 18.3. The van der Waals surface area contributed by atoms with Gasteiger partial charge in [-0.15, -0.1) is 12.4 Å². The van der Waals surface area contributed by atoms with E-state index in [-0.39, 0.29) is 23.9 Å². The van der Waals surface area contributed by atoms with E-state index in [1.807, 2.05) is 6.07 Å². The number of piperidine rings is 1. The molecular formula is C19H29ClN2O. The molecule has 2 aliphatic rings. The molecule has 1 saturated carbocycles. The van der Waals surface area contributed by atoms with Crippen LogP contribution in [0.15, 0.2) is 30.3 Å². The molecule has 1 aliphatic carbocycles. The van der Waals surface area contributed by atoms with Crippen LogP contribution in [0.3, 0.4) is 0 Å². The van der Waals surface area contributed by atoms with E-state index in [9.17, 15) is 4.79 Å². The molecule has 0 spiro atoms. The van der Waals surface area contributed by atoms with Gasteiger partial charge in [0.15, 0.2) is 0 Å². The maximum absolute atomic E-state index is 13.4. The van der Waals surface area contributed by atoms with Crippen LogP contribution in [-0.2, 0) is 10.2 Å². The number of carbonyl (C=O) groups is 1. The van der Waals surface area contributed by atoms with Crippen LogP contribution in [0.4, 0.5) is 0 Å². The zero-order chi connectivity index (χ0) is 15.6. The average Bonchev–Trinajstić information content (AvgIpc) is 3.06. The van der Waals surface area contributed by atoms with E-state index >= 15 is 0 Å². The van der Waals surface area contributed by atoms with E-state index in [0.29, 0.717) is 11.8 Å². The molecule has 1 amide bonds. The molecule has 1 aromatic rings. The molecule has 2 unspecified atom stereocenters. The summed E-state index contributed by atoms with van der Waals surface area (Å²) in [5.74, 6) is 0.800. The molecule has 4 heteroatoms. The van der Waals surface area contributed by atoms with E-state index < -0.39 is 0 Å². The maximum atomic E-state index is 13.4. The topological polar surface area (TPSA) is 46.3 Å². The van der Waals surface area contributed by atoms with Crippen LogP contribution in [0.1, 0.15) is 51.0 Å². The fourth-order valence-corrected chi connectivity index (χ4v) is 4.29. The van der Waals surface area contributed by atoms with Gasteiger partial charge in [-0.2, -0.15) is 0 Å². The van der Waals surface area contributed by atoms with Crippen molar-refractivity contribution in [2.45, 2.75) is 56.9 Å². The van der Waals surface area contributed by atoms with Crippen molar-refractivity contribution in [1.29, 1.82) is 0 Å². The number of amides is 1. The molecule has 3 rings (SSSR count). The number of nitrogens with two attached hydrogens (primary N) is 1. The summed E-state index contributed by atoms with van der Waals surface area (Å²) in [5, 5.41) is 0. The highest BCUT2D eigenvalue weighted by Gasteiger charge is 2.45. The van der Waals surface area contributed by atoms with Crippen LogP contribution in [0.2, 0.25) is 0 Å². The van der Waals surface area contributed by atoms with Gasteiger partial charge < -0.3 is 10.6 Å². The lowest BCUT2D eigenvalue weighted by Crippen LogP contribution is -2.51. The number of rotatable bonds is 3. The highest BCUT2D eigenvalue weighted by Crippen LogP contribution is 2.43. The van der Waals surface area contributed by atoms with Gasteiger partial charge in [0.05, 0.1) is 5.41 Å². The summed E-state index contributed by atoms with van der Waals surface area (Å²) in [5.41, 5.74) is 7.02. The zero-order valence-electron chi connectivity index (χ0n) is 14.0. The first-order valence-electron chi connectivity index (χ1n) is 8.74. The number of likely N-dealkylation sites (tertiary alicyclic amines) is 1. The molecule has 0 aromatic heterocycles. The summed E-state index contributed by atoms with van der Waals surface area (Å²) < 4.78 is 0. The zero-order valence-corrected chi connectivity index (χ0v) is 14.9. The summed E-state index contributed by atoms with van der Waals surface area (Å²) in [6.45, 7) is 3.81. The van der Waals surface area contributed by atoms with Crippen molar-refractivity contribution in [3.63, 3.8) is 0 Å². The van der Waals surface area contributed by atoms with Crippen molar-refractivity contribution in [3.05, 3.63) is 35.9 Å². The van der Waals surface area contributed by atoms with Gasteiger partial charge >= 0.3 is 0 Å². The minimum Gasteiger partial charge on any atom is -0.342 e. The van der Waals surface area contributed by atoms with E-state index in [1.165, 1.54) is 5.56 Å². The number of carbonyl (C=O) groups excluding carboxylic acids is 1. The second kappa shape index (κ2) is 7.67. The maximum Gasteiger partial charge on any atom is 0.233 e. The smallest absolute Gasteiger partial charge is 0.233 e. The first-order chi connectivity index (χ1) is 10.6. The van der Waals surface area contributed by atoms with Crippen molar-refractivity contribution in [2.75, 3.05) is 13.1 Å². The predicted octanol–water partition coefficient (Wildman–Crippen LogP) is 3.51. The molecule has 2 atom stereocenters. The molecule has 0 bridgehead atoms. The van der Waals surface area contributed by atoms with Crippen molar-refractivity contribution < 1.29 is 4.79 Å². The molecule has 128 valence electrons. The Morgan fingerprint density at radius 2 is 1.87 bits per heavy atom. The number of benzene rings is 1. The third kappa shape index (κ3) is 3.56. The van der Waals surface area contributed by atoms with Gasteiger partial charge in [0.25, 0.3) is 0 Å². The van der Waals surface area contributed by atoms with Crippen molar-refractivity contribution in [3.8, 4) is 0 Å². The molecule has 3 nitrogen and oxygen atoms in total. The lowest BCUT2D eigenvalue weighted by Gasteiger charge is -2.40. The Hall–Kier alpha value is -1.06. The van der Waals surface area contributed by atoms with Gasteiger partial charge in [-0.3, -0.25) is 4.79 Å². The molecule has 23 heavy (non-hydrogen) atoms. The Labute approximate surface area is 146 Å². The monoisotopic (exact) mass is 336 g/mol. The van der Waals surface area contributed by atoms with Crippen LogP contribution in [-0.4, -0.2) is 29.9 Å². The second-order valence-electron chi connectivity index (χ2n) is 7.17. The molecule has 0 radical (unpaired) electrons. The van der Waals surface area contributed by atoms with Gasteiger partial charge in [0, 0.05) is 19.1 Å². The van der Waals surface area contributed by atoms with E-state index in [0.717, 1.165) is 51.6 Å². The quantitative estimate of drug-likeness (QED) is 0.918. The van der Waals surface area contributed by atoms with Crippen molar-refractivity contribution >= 4 is 18.3 Å². The largest absolute Gasteiger partial charge is 0.342 e. The van der Waals surface area contributed by atoms with Gasteiger partial charge in [0.2, 0.25) is 5.91 Å². The normalized spacial score (nSPS) is 24.8. The fourth-order valence-electron chi connectivity index (χ4n) is 4.29. The summed E-state index contributed by atoms with van der Waals surface area (Å²) in [6.07, 6.45) is 6.55. The minimum atomic E-state index is -0.277. The van der Waals surface area contributed by atoms with Crippen molar-refractivity contribution in [2.24, 2.45) is 11.7 Å². The molecule has 1 heterocycles.